The third-order valence-electron chi connectivity index (χ3n) is 3.31. The van der Waals surface area contributed by atoms with Gasteiger partial charge < -0.3 is 14.8 Å². The van der Waals surface area contributed by atoms with Gasteiger partial charge in [-0.15, -0.1) is 0 Å². The molecule has 2 N–H and O–H groups in total. The van der Waals surface area contributed by atoms with Gasteiger partial charge in [0, 0.05) is 29.1 Å². The number of fused-ring (bicyclic) bond motifs is 1. The van der Waals surface area contributed by atoms with Crippen LogP contribution in [0.15, 0.2) is 52.9 Å². The van der Waals surface area contributed by atoms with E-state index in [1.165, 1.54) is 0 Å². The van der Waals surface area contributed by atoms with Gasteiger partial charge in [-0.25, -0.2) is 0 Å². The summed E-state index contributed by atoms with van der Waals surface area (Å²) < 4.78 is 5.92. The molecule has 0 bridgehead atoms. The van der Waals surface area contributed by atoms with E-state index >= 15 is 0 Å². The number of hydrogen-bond donors (Lipinski definition) is 2. The Morgan fingerprint density at radius 1 is 1.10 bits per heavy atom. The van der Waals surface area contributed by atoms with Gasteiger partial charge in [0.1, 0.15) is 11.3 Å². The molecule has 3 aromatic rings. The van der Waals surface area contributed by atoms with Crippen LogP contribution in [-0.4, -0.2) is 18.3 Å². The van der Waals surface area contributed by atoms with Crippen molar-refractivity contribution >= 4 is 22.6 Å². The van der Waals surface area contributed by atoms with E-state index in [0.29, 0.717) is 18.1 Å². The van der Waals surface area contributed by atoms with Crippen LogP contribution in [0.4, 0.5) is 0 Å². The van der Waals surface area contributed by atoms with Crippen molar-refractivity contribution in [2.45, 2.75) is 6.54 Å². The number of aliphatic hydroxyl groups is 1. The van der Waals surface area contributed by atoms with Crippen molar-refractivity contribution in [3.8, 4) is 11.3 Å². The molecule has 2 aromatic carbocycles. The summed E-state index contributed by atoms with van der Waals surface area (Å²) in [6.45, 7) is 1.44. The lowest BCUT2D eigenvalue weighted by atomic mass is 10.1. The van der Waals surface area contributed by atoms with Crippen LogP contribution in [0.1, 0.15) is 5.56 Å². The molecule has 3 nitrogen and oxygen atoms in total. The molecular weight excluding hydrogens is 286 g/mol. The summed E-state index contributed by atoms with van der Waals surface area (Å²) in [5.74, 6) is 0.813. The maximum atomic E-state index is 8.78. The molecule has 108 valence electrons. The fourth-order valence-corrected chi connectivity index (χ4v) is 2.47. The van der Waals surface area contributed by atoms with E-state index in [2.05, 4.69) is 11.4 Å². The second kappa shape index (κ2) is 6.31. The first-order valence-electron chi connectivity index (χ1n) is 6.86. The highest BCUT2D eigenvalue weighted by molar-refractivity contribution is 6.30. The summed E-state index contributed by atoms with van der Waals surface area (Å²) in [6.07, 6.45) is 0. The predicted octanol–water partition coefficient (Wildman–Crippen LogP) is 3.84. The van der Waals surface area contributed by atoms with E-state index in [1.54, 1.807) is 0 Å². The van der Waals surface area contributed by atoms with Crippen LogP contribution in [0.3, 0.4) is 0 Å². The van der Waals surface area contributed by atoms with E-state index in [0.717, 1.165) is 27.9 Å². The monoisotopic (exact) mass is 301 g/mol. The fraction of sp³-hybridized carbons (Fsp3) is 0.176. The number of halogens is 1. The second-order valence-electron chi connectivity index (χ2n) is 4.89. The topological polar surface area (TPSA) is 45.4 Å². The normalized spacial score (nSPS) is 11.1. The molecule has 0 spiro atoms. The second-order valence-corrected chi connectivity index (χ2v) is 5.33. The summed E-state index contributed by atoms with van der Waals surface area (Å²) in [5.41, 5.74) is 2.95. The zero-order valence-electron chi connectivity index (χ0n) is 11.5. The molecule has 21 heavy (non-hydrogen) atoms. The lowest BCUT2D eigenvalue weighted by Gasteiger charge is -2.02. The molecule has 1 heterocycles. The van der Waals surface area contributed by atoms with Crippen LogP contribution < -0.4 is 5.32 Å². The summed E-state index contributed by atoms with van der Waals surface area (Å²) in [4.78, 5) is 0. The average molecular weight is 302 g/mol. The SMILES string of the molecule is OCCNCc1ccc2cc(-c3cccc(Cl)c3)oc2c1. The third kappa shape index (κ3) is 3.27. The van der Waals surface area contributed by atoms with Gasteiger partial charge in [0.15, 0.2) is 0 Å². The van der Waals surface area contributed by atoms with Crippen molar-refractivity contribution < 1.29 is 9.52 Å². The standard InChI is InChI=1S/C17H16ClNO2/c18-15-3-1-2-13(9-15)17-10-14-5-4-12(8-16(14)21-17)11-19-6-7-20/h1-5,8-10,19-20H,6-7,11H2. The predicted molar refractivity (Wildman–Crippen MR) is 85.5 cm³/mol. The fourth-order valence-electron chi connectivity index (χ4n) is 2.28. The van der Waals surface area contributed by atoms with Gasteiger partial charge in [0.25, 0.3) is 0 Å². The van der Waals surface area contributed by atoms with E-state index in [1.807, 2.05) is 42.5 Å². The van der Waals surface area contributed by atoms with Gasteiger partial charge in [-0.05, 0) is 29.8 Å². The Morgan fingerprint density at radius 2 is 2.00 bits per heavy atom. The quantitative estimate of drug-likeness (QED) is 0.704. The molecule has 0 amide bonds. The largest absolute Gasteiger partial charge is 0.456 e. The molecule has 3 rings (SSSR count). The average Bonchev–Trinajstić information content (AvgIpc) is 2.91. The first kappa shape index (κ1) is 14.1. The van der Waals surface area contributed by atoms with Crippen LogP contribution >= 0.6 is 11.6 Å². The van der Waals surface area contributed by atoms with Gasteiger partial charge in [0.05, 0.1) is 6.61 Å². The maximum absolute atomic E-state index is 8.78. The molecule has 0 saturated heterocycles. The van der Waals surface area contributed by atoms with Crippen molar-refractivity contribution in [2.75, 3.05) is 13.2 Å². The van der Waals surface area contributed by atoms with Crippen LogP contribution in [0.25, 0.3) is 22.3 Å². The van der Waals surface area contributed by atoms with E-state index < -0.39 is 0 Å². The molecule has 0 aliphatic rings. The summed E-state index contributed by atoms with van der Waals surface area (Å²) >= 11 is 6.02. The van der Waals surface area contributed by atoms with Gasteiger partial charge >= 0.3 is 0 Å². The molecule has 0 aliphatic heterocycles. The minimum Gasteiger partial charge on any atom is -0.456 e. The molecule has 0 saturated carbocycles. The first-order valence-corrected chi connectivity index (χ1v) is 7.24. The van der Waals surface area contributed by atoms with Crippen molar-refractivity contribution in [1.29, 1.82) is 0 Å². The molecule has 0 aliphatic carbocycles. The van der Waals surface area contributed by atoms with Crippen molar-refractivity contribution in [2.24, 2.45) is 0 Å². The number of nitrogens with one attached hydrogen (secondary N) is 1. The lowest BCUT2D eigenvalue weighted by molar-refractivity contribution is 0.292. The van der Waals surface area contributed by atoms with E-state index in [-0.39, 0.29) is 6.61 Å². The van der Waals surface area contributed by atoms with E-state index in [9.17, 15) is 0 Å². The minimum atomic E-state index is 0.141. The Bertz CT molecular complexity index is 751. The van der Waals surface area contributed by atoms with Gasteiger partial charge in [0.2, 0.25) is 0 Å². The van der Waals surface area contributed by atoms with Crippen LogP contribution in [0, 0.1) is 0 Å². The molecule has 4 heteroatoms. The number of benzene rings is 2. The maximum Gasteiger partial charge on any atom is 0.135 e. The third-order valence-corrected chi connectivity index (χ3v) is 3.55. The number of hydrogen-bond acceptors (Lipinski definition) is 3. The zero-order valence-corrected chi connectivity index (χ0v) is 12.2. The van der Waals surface area contributed by atoms with Crippen molar-refractivity contribution in [3.63, 3.8) is 0 Å². The van der Waals surface area contributed by atoms with Crippen molar-refractivity contribution in [3.05, 3.63) is 59.1 Å². The Labute approximate surface area is 128 Å². The van der Waals surface area contributed by atoms with Crippen molar-refractivity contribution in [1.82, 2.24) is 5.32 Å². The highest BCUT2D eigenvalue weighted by Crippen LogP contribution is 2.29. The van der Waals surface area contributed by atoms with Gasteiger partial charge in [-0.3, -0.25) is 0 Å². The molecule has 1 aromatic heterocycles. The van der Waals surface area contributed by atoms with Gasteiger partial charge in [-0.1, -0.05) is 35.9 Å². The first-order chi connectivity index (χ1) is 10.3. The Hall–Kier alpha value is -1.81. The Balaban J connectivity index is 1.89. The molecule has 0 fully saturated rings. The summed E-state index contributed by atoms with van der Waals surface area (Å²) in [5, 5.41) is 13.7. The van der Waals surface area contributed by atoms with Crippen LogP contribution in [-0.2, 0) is 6.54 Å². The molecule has 0 atom stereocenters. The molecular formula is C17H16ClNO2. The zero-order chi connectivity index (χ0) is 14.7. The smallest absolute Gasteiger partial charge is 0.135 e. The summed E-state index contributed by atoms with van der Waals surface area (Å²) in [6, 6.07) is 15.8. The molecule has 0 radical (unpaired) electrons. The van der Waals surface area contributed by atoms with Gasteiger partial charge in [-0.2, -0.15) is 0 Å². The number of aliphatic hydroxyl groups excluding tert-OH is 1. The highest BCUT2D eigenvalue weighted by atomic mass is 35.5. The lowest BCUT2D eigenvalue weighted by Crippen LogP contribution is -2.17. The summed E-state index contributed by atoms with van der Waals surface area (Å²) in [7, 11) is 0. The number of rotatable bonds is 5. The Kier molecular flexibility index (Phi) is 4.25. The number of furan rings is 1. The minimum absolute atomic E-state index is 0.141. The molecule has 0 unspecified atom stereocenters. The van der Waals surface area contributed by atoms with E-state index in [4.69, 9.17) is 21.1 Å². The Morgan fingerprint density at radius 3 is 2.81 bits per heavy atom. The highest BCUT2D eigenvalue weighted by Gasteiger charge is 2.07. The van der Waals surface area contributed by atoms with Crippen LogP contribution in [0.5, 0.6) is 0 Å². The van der Waals surface area contributed by atoms with Crippen LogP contribution in [0.2, 0.25) is 5.02 Å².